The molecule has 0 saturated heterocycles. The van der Waals surface area contributed by atoms with Crippen LogP contribution in [0.2, 0.25) is 0 Å². The van der Waals surface area contributed by atoms with E-state index in [1.165, 1.54) is 20.5 Å². The molecule has 0 saturated carbocycles. The second kappa shape index (κ2) is 6.00. The zero-order valence-electron chi connectivity index (χ0n) is 13.9. The molecule has 1 atom stereocenters. The van der Waals surface area contributed by atoms with Gasteiger partial charge in [0, 0.05) is 12.7 Å². The van der Waals surface area contributed by atoms with E-state index >= 15 is 0 Å². The topological polar surface area (TPSA) is 80.6 Å². The van der Waals surface area contributed by atoms with Crippen LogP contribution in [0.4, 0.5) is 11.6 Å². The summed E-state index contributed by atoms with van der Waals surface area (Å²) in [5.41, 5.74) is 1.38. The Morgan fingerprint density at radius 1 is 1.29 bits per heavy atom. The van der Waals surface area contributed by atoms with E-state index in [9.17, 15) is 8.42 Å². The van der Waals surface area contributed by atoms with Crippen LogP contribution in [0, 0.1) is 0 Å². The number of sulfonamides is 1. The van der Waals surface area contributed by atoms with Crippen LogP contribution in [0.15, 0.2) is 47.3 Å². The maximum atomic E-state index is 12.8. The van der Waals surface area contributed by atoms with Gasteiger partial charge in [0.2, 0.25) is 5.95 Å². The number of hydroxylamine groups is 1. The minimum absolute atomic E-state index is 0.0455. The molecule has 9 heteroatoms. The fourth-order valence-corrected chi connectivity index (χ4v) is 3.89. The summed E-state index contributed by atoms with van der Waals surface area (Å²) >= 11 is 0. The number of hydrogen-bond acceptors (Lipinski definition) is 6. The van der Waals surface area contributed by atoms with Gasteiger partial charge in [-0.15, -0.1) is 0 Å². The predicted molar refractivity (Wildman–Crippen MR) is 89.0 cm³/mol. The molecule has 3 rings (SSSR count). The number of allylic oxidation sites excluding steroid dienone is 2. The molecular weight excluding hydrogens is 330 g/mol. The zero-order valence-corrected chi connectivity index (χ0v) is 14.7. The summed E-state index contributed by atoms with van der Waals surface area (Å²) in [7, 11) is -1.14. The average molecular weight is 349 g/mol. The minimum atomic E-state index is -3.81. The first kappa shape index (κ1) is 16.6. The van der Waals surface area contributed by atoms with Gasteiger partial charge in [-0.3, -0.25) is 9.74 Å². The SMILES string of the molecule is CON(C)S(=O)(=O)c1ccccc1N1C(C)=CC(C)n2ncnc21. The molecule has 128 valence electrons. The third kappa shape index (κ3) is 2.50. The van der Waals surface area contributed by atoms with Crippen molar-refractivity contribution in [1.82, 2.24) is 19.2 Å². The Morgan fingerprint density at radius 2 is 2.00 bits per heavy atom. The molecule has 1 aromatic carbocycles. The van der Waals surface area contributed by atoms with Crippen molar-refractivity contribution in [2.45, 2.75) is 24.8 Å². The summed E-state index contributed by atoms with van der Waals surface area (Å²) in [5.74, 6) is 0.574. The van der Waals surface area contributed by atoms with Gasteiger partial charge in [-0.2, -0.15) is 10.1 Å². The lowest BCUT2D eigenvalue weighted by Crippen LogP contribution is -2.30. The number of fused-ring (bicyclic) bond motifs is 1. The molecule has 0 radical (unpaired) electrons. The Kier molecular flexibility index (Phi) is 4.16. The number of nitrogens with zero attached hydrogens (tertiary/aromatic N) is 5. The molecule has 8 nitrogen and oxygen atoms in total. The molecule has 0 spiro atoms. The van der Waals surface area contributed by atoms with E-state index in [0.717, 1.165) is 10.2 Å². The van der Waals surface area contributed by atoms with Crippen LogP contribution >= 0.6 is 0 Å². The first-order valence-electron chi connectivity index (χ1n) is 7.38. The van der Waals surface area contributed by atoms with Gasteiger partial charge >= 0.3 is 0 Å². The van der Waals surface area contributed by atoms with Crippen molar-refractivity contribution < 1.29 is 13.3 Å². The van der Waals surface area contributed by atoms with Crippen molar-refractivity contribution in [3.05, 3.63) is 42.4 Å². The number of aromatic nitrogens is 3. The Labute approximate surface area is 141 Å². The Morgan fingerprint density at radius 3 is 2.71 bits per heavy atom. The minimum Gasteiger partial charge on any atom is -0.288 e. The third-order valence-corrected chi connectivity index (χ3v) is 5.68. The molecule has 1 aliphatic heterocycles. The van der Waals surface area contributed by atoms with Gasteiger partial charge in [0.1, 0.15) is 11.2 Å². The standard InChI is InChI=1S/C15H19N5O3S/c1-11-9-12(2)20-15(16-10-17-20)19(11)13-7-5-6-8-14(13)24(21,22)18(3)23-4/h5-10,12H,1-4H3. The van der Waals surface area contributed by atoms with Crippen LogP contribution in [0.25, 0.3) is 0 Å². The van der Waals surface area contributed by atoms with E-state index in [-0.39, 0.29) is 10.9 Å². The summed E-state index contributed by atoms with van der Waals surface area (Å²) < 4.78 is 28.1. The fourth-order valence-electron chi connectivity index (χ4n) is 2.74. The molecule has 0 bridgehead atoms. The van der Waals surface area contributed by atoms with E-state index < -0.39 is 10.0 Å². The van der Waals surface area contributed by atoms with Crippen LogP contribution < -0.4 is 4.90 Å². The Hall–Kier alpha value is -2.23. The first-order valence-corrected chi connectivity index (χ1v) is 8.82. The highest BCUT2D eigenvalue weighted by molar-refractivity contribution is 7.89. The highest BCUT2D eigenvalue weighted by Gasteiger charge is 2.31. The van der Waals surface area contributed by atoms with Crippen LogP contribution in [-0.4, -0.2) is 41.8 Å². The second-order valence-electron chi connectivity index (χ2n) is 5.45. The van der Waals surface area contributed by atoms with Gasteiger partial charge in [0.05, 0.1) is 18.8 Å². The van der Waals surface area contributed by atoms with Gasteiger partial charge in [0.25, 0.3) is 10.0 Å². The van der Waals surface area contributed by atoms with E-state index in [1.807, 2.05) is 19.9 Å². The summed E-state index contributed by atoms with van der Waals surface area (Å²) in [6.07, 6.45) is 3.47. The van der Waals surface area contributed by atoms with Gasteiger partial charge < -0.3 is 0 Å². The maximum absolute atomic E-state index is 12.8. The van der Waals surface area contributed by atoms with E-state index in [1.54, 1.807) is 33.8 Å². The first-order chi connectivity index (χ1) is 11.4. The van der Waals surface area contributed by atoms with Crippen LogP contribution in [0.5, 0.6) is 0 Å². The normalized spacial score (nSPS) is 17.8. The van der Waals surface area contributed by atoms with E-state index in [4.69, 9.17) is 4.84 Å². The Bertz CT molecular complexity index is 890. The van der Waals surface area contributed by atoms with Crippen molar-refractivity contribution in [3.63, 3.8) is 0 Å². The highest BCUT2D eigenvalue weighted by Crippen LogP contribution is 2.38. The average Bonchev–Trinajstić information content (AvgIpc) is 3.04. The summed E-state index contributed by atoms with van der Waals surface area (Å²) in [6, 6.07) is 6.79. The van der Waals surface area contributed by atoms with Crippen LogP contribution in [0.1, 0.15) is 19.9 Å². The van der Waals surface area contributed by atoms with Crippen molar-refractivity contribution >= 4 is 21.7 Å². The molecule has 0 amide bonds. The quantitative estimate of drug-likeness (QED) is 0.786. The largest absolute Gasteiger partial charge is 0.288 e. The lowest BCUT2D eigenvalue weighted by Gasteiger charge is -2.32. The molecular formula is C15H19N5O3S. The number of para-hydroxylation sites is 1. The van der Waals surface area contributed by atoms with Crippen molar-refractivity contribution in [2.75, 3.05) is 19.1 Å². The Balaban J connectivity index is 2.20. The van der Waals surface area contributed by atoms with Crippen molar-refractivity contribution in [2.24, 2.45) is 0 Å². The van der Waals surface area contributed by atoms with E-state index in [2.05, 4.69) is 10.1 Å². The van der Waals surface area contributed by atoms with Gasteiger partial charge in [0.15, 0.2) is 0 Å². The third-order valence-electron chi connectivity index (χ3n) is 3.95. The van der Waals surface area contributed by atoms with E-state index in [0.29, 0.717) is 11.6 Å². The molecule has 0 aliphatic carbocycles. The second-order valence-corrected chi connectivity index (χ2v) is 7.36. The van der Waals surface area contributed by atoms with Crippen molar-refractivity contribution in [3.8, 4) is 0 Å². The van der Waals surface area contributed by atoms with Crippen LogP contribution in [0.3, 0.4) is 0 Å². The lowest BCUT2D eigenvalue weighted by molar-refractivity contribution is -0.0258. The number of rotatable bonds is 4. The molecule has 1 unspecified atom stereocenters. The number of anilines is 2. The zero-order chi connectivity index (χ0) is 17.5. The monoisotopic (exact) mass is 349 g/mol. The highest BCUT2D eigenvalue weighted by atomic mass is 32.2. The summed E-state index contributed by atoms with van der Waals surface area (Å²) in [4.78, 5) is 11.1. The number of hydrogen-bond donors (Lipinski definition) is 0. The molecule has 2 aromatic rings. The van der Waals surface area contributed by atoms with Crippen molar-refractivity contribution in [1.29, 1.82) is 0 Å². The fraction of sp³-hybridized carbons (Fsp3) is 0.333. The molecule has 1 aromatic heterocycles. The summed E-state index contributed by atoms with van der Waals surface area (Å²) in [5, 5.41) is 4.23. The molecule has 2 heterocycles. The van der Waals surface area contributed by atoms with Gasteiger partial charge in [-0.25, -0.2) is 13.1 Å². The van der Waals surface area contributed by atoms with Gasteiger partial charge in [-0.1, -0.05) is 16.6 Å². The molecule has 24 heavy (non-hydrogen) atoms. The smallest absolute Gasteiger partial charge is 0.266 e. The molecule has 1 aliphatic rings. The molecule has 0 fully saturated rings. The molecule has 0 N–H and O–H groups in total. The lowest BCUT2D eigenvalue weighted by atomic mass is 10.2. The van der Waals surface area contributed by atoms with Gasteiger partial charge in [-0.05, 0) is 32.1 Å². The number of benzene rings is 1. The maximum Gasteiger partial charge on any atom is 0.266 e. The predicted octanol–water partition coefficient (Wildman–Crippen LogP) is 2.08. The summed E-state index contributed by atoms with van der Waals surface area (Å²) in [6.45, 7) is 3.92. The van der Waals surface area contributed by atoms with Crippen LogP contribution in [-0.2, 0) is 14.9 Å².